The van der Waals surface area contributed by atoms with Crippen LogP contribution in [0.15, 0.2) is 12.4 Å². The van der Waals surface area contributed by atoms with E-state index in [1.165, 1.54) is 0 Å². The number of rotatable bonds is 0. The summed E-state index contributed by atoms with van der Waals surface area (Å²) >= 11 is 0. The molecule has 0 amide bonds. The van der Waals surface area contributed by atoms with Crippen LogP contribution >= 0.6 is 0 Å². The molecule has 3 N–H and O–H groups in total. The summed E-state index contributed by atoms with van der Waals surface area (Å²) in [6.07, 6.45) is 3.24. The number of aromatic nitrogens is 3. The molecular formula is C2H6BN3O2. The summed E-state index contributed by atoms with van der Waals surface area (Å²) in [7, 11) is -0.750. The number of nitrogens with zero attached hydrogens (tertiary/aromatic N) is 2. The number of hydrogen-bond acceptors (Lipinski definition) is 4. The lowest BCUT2D eigenvalue weighted by Gasteiger charge is -1.48. The summed E-state index contributed by atoms with van der Waals surface area (Å²) in [6, 6.07) is 0. The van der Waals surface area contributed by atoms with Crippen LogP contribution in [-0.4, -0.2) is 33.1 Å². The predicted molar refractivity (Wildman–Crippen MR) is 28.0 cm³/mol. The van der Waals surface area contributed by atoms with Crippen molar-refractivity contribution in [1.82, 2.24) is 15.4 Å². The van der Waals surface area contributed by atoms with E-state index in [4.69, 9.17) is 10.0 Å². The Balaban J connectivity index is 0.000000145. The number of hydrogen-bond donors (Lipinski definition) is 3. The van der Waals surface area contributed by atoms with Gasteiger partial charge in [-0.1, -0.05) is 5.21 Å². The molecule has 0 unspecified atom stereocenters. The van der Waals surface area contributed by atoms with Crippen molar-refractivity contribution < 1.29 is 10.0 Å². The van der Waals surface area contributed by atoms with Crippen molar-refractivity contribution in [2.24, 2.45) is 0 Å². The van der Waals surface area contributed by atoms with Crippen molar-refractivity contribution in [3.8, 4) is 0 Å². The van der Waals surface area contributed by atoms with Gasteiger partial charge in [0, 0.05) is 6.20 Å². The highest BCUT2D eigenvalue weighted by atomic mass is 16.4. The highest BCUT2D eigenvalue weighted by Gasteiger charge is 1.57. The minimum absolute atomic E-state index is 0.750. The zero-order valence-electron chi connectivity index (χ0n) is 4.15. The first-order valence-corrected chi connectivity index (χ1v) is 1.94. The molecular weight excluding hydrogens is 109 g/mol. The van der Waals surface area contributed by atoms with E-state index in [2.05, 4.69) is 15.4 Å². The third-order valence-electron chi connectivity index (χ3n) is 0.331. The summed E-state index contributed by atoms with van der Waals surface area (Å²) in [5.74, 6) is 0. The topological polar surface area (TPSA) is 82.0 Å². The van der Waals surface area contributed by atoms with Gasteiger partial charge in [0.05, 0.1) is 6.20 Å². The predicted octanol–water partition coefficient (Wildman–Crippen LogP) is -1.96. The second kappa shape index (κ2) is 6.12. The zero-order chi connectivity index (χ0) is 6.24. The molecule has 0 fully saturated rings. The van der Waals surface area contributed by atoms with Gasteiger partial charge < -0.3 is 10.0 Å². The highest BCUT2D eigenvalue weighted by molar-refractivity contribution is 6.13. The molecule has 0 aromatic carbocycles. The highest BCUT2D eigenvalue weighted by Crippen LogP contribution is 1.55. The molecule has 0 saturated heterocycles. The van der Waals surface area contributed by atoms with Crippen LogP contribution in [0.1, 0.15) is 0 Å². The molecule has 0 saturated carbocycles. The summed E-state index contributed by atoms with van der Waals surface area (Å²) in [4.78, 5) is 0. The fourth-order valence-corrected chi connectivity index (χ4v) is 0.167. The van der Waals surface area contributed by atoms with E-state index in [9.17, 15) is 0 Å². The Labute approximate surface area is 46.7 Å². The maximum atomic E-state index is 7.12. The minimum atomic E-state index is -0.750. The lowest BCUT2D eigenvalue weighted by molar-refractivity contribution is 0.448. The normalized spacial score (nSPS) is 6.75. The fourth-order valence-electron chi connectivity index (χ4n) is 0.167. The monoisotopic (exact) mass is 115 g/mol. The van der Waals surface area contributed by atoms with Gasteiger partial charge in [-0.15, -0.1) is 5.10 Å². The minimum Gasteiger partial charge on any atom is -0.430 e. The molecule has 0 aliphatic rings. The molecule has 0 atom stereocenters. The Kier molecular flexibility index (Phi) is 5.45. The van der Waals surface area contributed by atoms with Gasteiger partial charge in [-0.3, -0.25) is 5.10 Å². The molecule has 0 bridgehead atoms. The first kappa shape index (κ1) is 7.12. The van der Waals surface area contributed by atoms with Crippen LogP contribution in [0.5, 0.6) is 0 Å². The maximum Gasteiger partial charge on any atom is 0.432 e. The molecule has 44 valence electrons. The lowest BCUT2D eigenvalue weighted by Crippen LogP contribution is -1.75. The van der Waals surface area contributed by atoms with Gasteiger partial charge in [0.1, 0.15) is 0 Å². The van der Waals surface area contributed by atoms with Gasteiger partial charge in [-0.05, 0) is 0 Å². The summed E-state index contributed by atoms with van der Waals surface area (Å²) in [6.45, 7) is 0. The van der Waals surface area contributed by atoms with Gasteiger partial charge >= 0.3 is 7.69 Å². The SMILES string of the molecule is OBO.c1c[nH]nn1. The molecule has 1 heterocycles. The van der Waals surface area contributed by atoms with Crippen LogP contribution in [0.25, 0.3) is 0 Å². The molecule has 0 spiro atoms. The molecule has 1 rings (SSSR count). The van der Waals surface area contributed by atoms with Crippen molar-refractivity contribution in [3.63, 3.8) is 0 Å². The van der Waals surface area contributed by atoms with Crippen LogP contribution in [0, 0.1) is 0 Å². The van der Waals surface area contributed by atoms with Crippen LogP contribution in [0.2, 0.25) is 0 Å². The second-order valence-corrected chi connectivity index (χ2v) is 0.802. The average molecular weight is 115 g/mol. The van der Waals surface area contributed by atoms with E-state index in [-0.39, 0.29) is 0 Å². The molecule has 0 radical (unpaired) electrons. The zero-order valence-corrected chi connectivity index (χ0v) is 4.15. The van der Waals surface area contributed by atoms with Crippen molar-refractivity contribution in [2.75, 3.05) is 0 Å². The fraction of sp³-hybridized carbons (Fsp3) is 0. The van der Waals surface area contributed by atoms with Gasteiger partial charge in [0.25, 0.3) is 0 Å². The first-order valence-electron chi connectivity index (χ1n) is 1.94. The Morgan fingerprint density at radius 3 is 2.25 bits per heavy atom. The number of aromatic amines is 1. The Morgan fingerprint density at radius 1 is 1.50 bits per heavy atom. The summed E-state index contributed by atoms with van der Waals surface area (Å²) in [5, 5.41) is 23.5. The van der Waals surface area contributed by atoms with Crippen LogP contribution in [-0.2, 0) is 0 Å². The van der Waals surface area contributed by atoms with Crippen molar-refractivity contribution in [3.05, 3.63) is 12.4 Å². The smallest absolute Gasteiger partial charge is 0.430 e. The molecule has 0 aliphatic carbocycles. The van der Waals surface area contributed by atoms with Gasteiger partial charge in [-0.25, -0.2) is 0 Å². The quantitative estimate of drug-likeness (QED) is 0.343. The van der Waals surface area contributed by atoms with Crippen molar-refractivity contribution >= 4 is 7.69 Å². The Hall–Kier alpha value is -0.875. The second-order valence-electron chi connectivity index (χ2n) is 0.802. The van der Waals surface area contributed by atoms with Crippen LogP contribution < -0.4 is 0 Å². The first-order chi connectivity index (χ1) is 3.91. The van der Waals surface area contributed by atoms with E-state index in [1.807, 2.05) is 0 Å². The molecule has 5 nitrogen and oxygen atoms in total. The largest absolute Gasteiger partial charge is 0.432 e. The van der Waals surface area contributed by atoms with Crippen molar-refractivity contribution in [1.29, 1.82) is 0 Å². The van der Waals surface area contributed by atoms with E-state index in [0.717, 1.165) is 0 Å². The summed E-state index contributed by atoms with van der Waals surface area (Å²) in [5.41, 5.74) is 0. The lowest BCUT2D eigenvalue weighted by atomic mass is 10.5. The molecule has 1 aromatic heterocycles. The van der Waals surface area contributed by atoms with Crippen molar-refractivity contribution in [2.45, 2.75) is 0 Å². The average Bonchev–Trinajstić information content (AvgIpc) is 2.17. The Morgan fingerprint density at radius 2 is 2.12 bits per heavy atom. The van der Waals surface area contributed by atoms with Gasteiger partial charge in [-0.2, -0.15) is 0 Å². The Bertz CT molecular complexity index is 82.2. The van der Waals surface area contributed by atoms with E-state index in [1.54, 1.807) is 12.4 Å². The maximum absolute atomic E-state index is 7.12. The standard InChI is InChI=1S/C2H3N3.BH3O2/c1-2-4-5-3-1;2-1-3/h1-2H,(H,3,4,5);1-3H. The third kappa shape index (κ3) is 5.12. The third-order valence-corrected chi connectivity index (χ3v) is 0.331. The molecule has 6 heteroatoms. The van der Waals surface area contributed by atoms with Gasteiger partial charge in [0.15, 0.2) is 0 Å². The van der Waals surface area contributed by atoms with Gasteiger partial charge in [0.2, 0.25) is 0 Å². The molecule has 8 heavy (non-hydrogen) atoms. The van der Waals surface area contributed by atoms with E-state index < -0.39 is 7.69 Å². The number of nitrogens with one attached hydrogen (secondary N) is 1. The van der Waals surface area contributed by atoms with Crippen LogP contribution in [0.3, 0.4) is 0 Å². The summed E-state index contributed by atoms with van der Waals surface area (Å²) < 4.78 is 0. The van der Waals surface area contributed by atoms with E-state index in [0.29, 0.717) is 0 Å². The number of H-pyrrole nitrogens is 1. The van der Waals surface area contributed by atoms with Crippen LogP contribution in [0.4, 0.5) is 0 Å². The van der Waals surface area contributed by atoms with E-state index >= 15 is 0 Å². The molecule has 1 aromatic rings. The molecule has 0 aliphatic heterocycles.